The Morgan fingerprint density at radius 2 is 2.27 bits per heavy atom. The summed E-state index contributed by atoms with van der Waals surface area (Å²) in [4.78, 5) is 11.5. The van der Waals surface area contributed by atoms with Crippen molar-refractivity contribution in [2.45, 2.75) is 50.2 Å². The quantitative estimate of drug-likeness (QED) is 0.739. The maximum absolute atomic E-state index is 14.1. The number of halogens is 1. The third-order valence-corrected chi connectivity index (χ3v) is 3.37. The van der Waals surface area contributed by atoms with E-state index in [-0.39, 0.29) is 12.3 Å². The van der Waals surface area contributed by atoms with Gasteiger partial charge in [-0.25, -0.2) is 4.39 Å². The molecule has 1 atom stereocenters. The van der Waals surface area contributed by atoms with Crippen LogP contribution in [0.4, 0.5) is 4.39 Å². The van der Waals surface area contributed by atoms with Crippen LogP contribution in [-0.2, 0) is 4.79 Å². The maximum Gasteiger partial charge on any atom is 0.223 e. The van der Waals surface area contributed by atoms with Gasteiger partial charge in [0.2, 0.25) is 5.91 Å². The Kier molecular flexibility index (Phi) is 3.24. The minimum Gasteiger partial charge on any atom is -0.353 e. The molecule has 0 spiro atoms. The van der Waals surface area contributed by atoms with E-state index in [0.29, 0.717) is 19.0 Å². The predicted octanol–water partition coefficient (Wildman–Crippen LogP) is 1.14. The molecule has 1 unspecified atom stereocenters. The van der Waals surface area contributed by atoms with E-state index in [1.165, 1.54) is 6.42 Å². The highest BCUT2D eigenvalue weighted by Crippen LogP contribution is 2.25. The summed E-state index contributed by atoms with van der Waals surface area (Å²) in [5.41, 5.74) is -1.31. The van der Waals surface area contributed by atoms with Gasteiger partial charge in [0, 0.05) is 12.6 Å². The summed E-state index contributed by atoms with van der Waals surface area (Å²) in [5, 5.41) is 5.89. The highest BCUT2D eigenvalue weighted by molar-refractivity contribution is 5.77. The number of carbonyl (C=O) groups is 1. The molecule has 0 aromatic rings. The van der Waals surface area contributed by atoms with Crippen LogP contribution in [0.2, 0.25) is 0 Å². The number of hydrogen-bond donors (Lipinski definition) is 2. The van der Waals surface area contributed by atoms with E-state index in [2.05, 4.69) is 10.6 Å². The maximum atomic E-state index is 14.1. The summed E-state index contributed by atoms with van der Waals surface area (Å²) >= 11 is 0. The van der Waals surface area contributed by atoms with Crippen molar-refractivity contribution >= 4 is 5.91 Å². The predicted molar refractivity (Wildman–Crippen MR) is 56.3 cm³/mol. The molecule has 1 amide bonds. The van der Waals surface area contributed by atoms with Crippen LogP contribution in [0.1, 0.15) is 38.5 Å². The van der Waals surface area contributed by atoms with Crippen LogP contribution in [-0.4, -0.2) is 30.7 Å². The summed E-state index contributed by atoms with van der Waals surface area (Å²) in [6, 6.07) is 0.317. The first kappa shape index (κ1) is 10.9. The Hall–Kier alpha value is -0.640. The van der Waals surface area contributed by atoms with E-state index in [0.717, 1.165) is 25.8 Å². The van der Waals surface area contributed by atoms with Gasteiger partial charge in [-0.05, 0) is 38.6 Å². The zero-order chi connectivity index (χ0) is 10.7. The largest absolute Gasteiger partial charge is 0.353 e. The number of piperidine rings is 1. The number of rotatable bonds is 3. The first-order valence-electron chi connectivity index (χ1n) is 5.87. The number of alkyl halides is 1. The Labute approximate surface area is 89.8 Å². The second-order valence-electron chi connectivity index (χ2n) is 4.80. The number of hydrogen-bond acceptors (Lipinski definition) is 2. The molecular weight excluding hydrogens is 195 g/mol. The van der Waals surface area contributed by atoms with Crippen molar-refractivity contribution < 1.29 is 9.18 Å². The minimum atomic E-state index is -1.31. The fourth-order valence-electron chi connectivity index (χ4n) is 2.20. The van der Waals surface area contributed by atoms with Gasteiger partial charge in [0.25, 0.3) is 0 Å². The molecule has 15 heavy (non-hydrogen) atoms. The van der Waals surface area contributed by atoms with Crippen LogP contribution in [0.15, 0.2) is 0 Å². The van der Waals surface area contributed by atoms with Crippen LogP contribution < -0.4 is 10.6 Å². The Morgan fingerprint density at radius 1 is 1.47 bits per heavy atom. The fraction of sp³-hybridized carbons (Fsp3) is 0.909. The van der Waals surface area contributed by atoms with Crippen molar-refractivity contribution in [1.82, 2.24) is 10.6 Å². The molecule has 1 saturated carbocycles. The van der Waals surface area contributed by atoms with Crippen LogP contribution in [0.3, 0.4) is 0 Å². The van der Waals surface area contributed by atoms with Gasteiger partial charge in [0.15, 0.2) is 0 Å². The zero-order valence-electron chi connectivity index (χ0n) is 9.02. The van der Waals surface area contributed by atoms with Gasteiger partial charge < -0.3 is 10.6 Å². The molecule has 3 nitrogen and oxygen atoms in total. The third kappa shape index (κ3) is 2.91. The van der Waals surface area contributed by atoms with Gasteiger partial charge in [-0.3, -0.25) is 4.79 Å². The van der Waals surface area contributed by atoms with Crippen LogP contribution in [0.25, 0.3) is 0 Å². The molecule has 2 N–H and O–H groups in total. The molecule has 4 heteroatoms. The summed E-state index contributed by atoms with van der Waals surface area (Å²) in [5.74, 6) is -0.120. The molecule has 2 rings (SSSR count). The Balaban J connectivity index is 1.75. The lowest BCUT2D eigenvalue weighted by Crippen LogP contribution is -2.48. The SMILES string of the molecule is O=C(CC1(F)CCCNC1)NC1CCC1. The fourth-order valence-corrected chi connectivity index (χ4v) is 2.20. The van der Waals surface area contributed by atoms with Gasteiger partial charge in [0.1, 0.15) is 5.67 Å². The van der Waals surface area contributed by atoms with Gasteiger partial charge >= 0.3 is 0 Å². The highest BCUT2D eigenvalue weighted by Gasteiger charge is 2.34. The van der Waals surface area contributed by atoms with E-state index in [1.807, 2.05) is 0 Å². The second-order valence-corrected chi connectivity index (χ2v) is 4.80. The average molecular weight is 214 g/mol. The van der Waals surface area contributed by atoms with E-state index in [9.17, 15) is 9.18 Å². The number of nitrogens with one attached hydrogen (secondary N) is 2. The Morgan fingerprint density at radius 3 is 2.80 bits per heavy atom. The lowest BCUT2D eigenvalue weighted by Gasteiger charge is -2.32. The van der Waals surface area contributed by atoms with E-state index >= 15 is 0 Å². The third-order valence-electron chi connectivity index (χ3n) is 3.37. The molecule has 2 aliphatic rings. The van der Waals surface area contributed by atoms with Crippen LogP contribution >= 0.6 is 0 Å². The molecule has 1 heterocycles. The minimum absolute atomic E-state index is 0.0243. The van der Waals surface area contributed by atoms with Gasteiger partial charge in [-0.2, -0.15) is 0 Å². The number of amides is 1. The standard InChI is InChI=1S/C11H19FN2O/c12-11(5-2-6-13-8-11)7-10(15)14-9-3-1-4-9/h9,13H,1-8H2,(H,14,15). The van der Waals surface area contributed by atoms with Crippen molar-refractivity contribution in [3.63, 3.8) is 0 Å². The molecule has 0 radical (unpaired) electrons. The molecule has 2 fully saturated rings. The highest BCUT2D eigenvalue weighted by atomic mass is 19.1. The van der Waals surface area contributed by atoms with Crippen LogP contribution in [0, 0.1) is 0 Å². The van der Waals surface area contributed by atoms with Gasteiger partial charge in [-0.15, -0.1) is 0 Å². The molecule has 0 bridgehead atoms. The van der Waals surface area contributed by atoms with Crippen molar-refractivity contribution in [1.29, 1.82) is 0 Å². The monoisotopic (exact) mass is 214 g/mol. The lowest BCUT2D eigenvalue weighted by molar-refractivity contribution is -0.125. The van der Waals surface area contributed by atoms with Crippen molar-refractivity contribution in [2.75, 3.05) is 13.1 Å². The zero-order valence-corrected chi connectivity index (χ0v) is 9.02. The first-order chi connectivity index (χ1) is 7.18. The second kappa shape index (κ2) is 4.47. The van der Waals surface area contributed by atoms with Crippen molar-refractivity contribution in [3.05, 3.63) is 0 Å². The van der Waals surface area contributed by atoms with Crippen molar-refractivity contribution in [3.8, 4) is 0 Å². The molecule has 0 aromatic heterocycles. The molecule has 1 aliphatic carbocycles. The molecule has 86 valence electrons. The smallest absolute Gasteiger partial charge is 0.223 e. The Bertz CT molecular complexity index is 235. The van der Waals surface area contributed by atoms with E-state index in [1.54, 1.807) is 0 Å². The first-order valence-corrected chi connectivity index (χ1v) is 5.87. The normalized spacial score (nSPS) is 32.1. The van der Waals surface area contributed by atoms with Gasteiger partial charge in [-0.1, -0.05) is 0 Å². The van der Waals surface area contributed by atoms with Crippen molar-refractivity contribution in [2.24, 2.45) is 0 Å². The summed E-state index contributed by atoms with van der Waals surface area (Å²) < 4.78 is 14.1. The summed E-state index contributed by atoms with van der Waals surface area (Å²) in [7, 11) is 0. The van der Waals surface area contributed by atoms with E-state index in [4.69, 9.17) is 0 Å². The molecule has 1 aliphatic heterocycles. The lowest BCUT2D eigenvalue weighted by atomic mass is 9.90. The summed E-state index contributed by atoms with van der Waals surface area (Å²) in [6.07, 6.45) is 4.67. The van der Waals surface area contributed by atoms with Crippen LogP contribution in [0.5, 0.6) is 0 Å². The van der Waals surface area contributed by atoms with E-state index < -0.39 is 5.67 Å². The molecular formula is C11H19FN2O. The number of carbonyl (C=O) groups excluding carboxylic acids is 1. The average Bonchev–Trinajstić information content (AvgIpc) is 2.12. The molecule has 1 saturated heterocycles. The molecule has 0 aromatic carbocycles. The summed E-state index contributed by atoms with van der Waals surface area (Å²) in [6.45, 7) is 1.20. The van der Waals surface area contributed by atoms with Gasteiger partial charge in [0.05, 0.1) is 6.42 Å². The topological polar surface area (TPSA) is 41.1 Å².